The normalized spacial score (nSPS) is 14.8. The van der Waals surface area contributed by atoms with Crippen LogP contribution in [0.5, 0.6) is 0 Å². The SMILES string of the molecule is CS(=O)(=O)CS(=O)(=O)N[C@@H](CO)C(=O)O. The minimum atomic E-state index is -4.27. The number of carboxylic acids is 1. The number of aliphatic carboxylic acids is 1. The molecule has 0 aromatic rings. The Bertz CT molecular complexity index is 422. The van der Waals surface area contributed by atoms with Gasteiger partial charge in [0.2, 0.25) is 10.0 Å². The van der Waals surface area contributed by atoms with Gasteiger partial charge in [-0.1, -0.05) is 0 Å². The van der Waals surface area contributed by atoms with Crippen molar-refractivity contribution in [1.82, 2.24) is 4.72 Å². The van der Waals surface area contributed by atoms with Crippen LogP contribution in [-0.4, -0.2) is 57.0 Å². The van der Waals surface area contributed by atoms with E-state index in [1.54, 1.807) is 4.72 Å². The van der Waals surface area contributed by atoms with Crippen LogP contribution in [0.3, 0.4) is 0 Å². The van der Waals surface area contributed by atoms with Crippen LogP contribution in [0.15, 0.2) is 0 Å². The van der Waals surface area contributed by atoms with Crippen molar-refractivity contribution in [3.05, 3.63) is 0 Å². The van der Waals surface area contributed by atoms with Crippen molar-refractivity contribution in [2.75, 3.05) is 17.9 Å². The molecule has 0 unspecified atom stereocenters. The first-order valence-corrected chi connectivity index (χ1v) is 7.30. The fourth-order valence-electron chi connectivity index (χ4n) is 0.698. The first kappa shape index (κ1) is 14.3. The van der Waals surface area contributed by atoms with Gasteiger partial charge in [0.1, 0.15) is 6.04 Å². The van der Waals surface area contributed by atoms with Crippen LogP contribution in [0.25, 0.3) is 0 Å². The molecule has 0 heterocycles. The van der Waals surface area contributed by atoms with Gasteiger partial charge in [-0.25, -0.2) is 16.8 Å². The van der Waals surface area contributed by atoms with E-state index in [0.717, 1.165) is 0 Å². The average Bonchev–Trinajstić information content (AvgIpc) is 1.94. The Balaban J connectivity index is 4.72. The second-order valence-corrected chi connectivity index (χ2v) is 7.11. The van der Waals surface area contributed by atoms with Crippen molar-refractivity contribution < 1.29 is 31.8 Å². The van der Waals surface area contributed by atoms with E-state index >= 15 is 0 Å². The van der Waals surface area contributed by atoms with E-state index in [-0.39, 0.29) is 0 Å². The summed E-state index contributed by atoms with van der Waals surface area (Å²) in [5.74, 6) is -1.59. The average molecular weight is 261 g/mol. The summed E-state index contributed by atoms with van der Waals surface area (Å²) in [5.41, 5.74) is 0. The summed E-state index contributed by atoms with van der Waals surface area (Å²) in [6.07, 6.45) is 0.695. The third-order valence-corrected chi connectivity index (χ3v) is 4.77. The van der Waals surface area contributed by atoms with E-state index in [2.05, 4.69) is 0 Å². The summed E-state index contributed by atoms with van der Waals surface area (Å²) in [6.45, 7) is -0.960. The summed E-state index contributed by atoms with van der Waals surface area (Å²) in [5, 5.41) is 15.7. The Morgan fingerprint density at radius 2 is 1.80 bits per heavy atom. The molecule has 10 heteroatoms. The predicted molar refractivity (Wildman–Crippen MR) is 50.3 cm³/mol. The maximum absolute atomic E-state index is 11.1. The number of sulfone groups is 1. The fraction of sp³-hybridized carbons (Fsp3) is 0.800. The largest absolute Gasteiger partial charge is 0.480 e. The minimum Gasteiger partial charge on any atom is -0.480 e. The van der Waals surface area contributed by atoms with E-state index in [1.165, 1.54) is 0 Å². The molecular formula is C5H11NO7S2. The highest BCUT2D eigenvalue weighted by molar-refractivity contribution is 8.06. The lowest BCUT2D eigenvalue weighted by Crippen LogP contribution is -2.45. The molecule has 0 rings (SSSR count). The number of aliphatic hydroxyl groups excluding tert-OH is 1. The van der Waals surface area contributed by atoms with Crippen molar-refractivity contribution >= 4 is 25.8 Å². The molecular weight excluding hydrogens is 250 g/mol. The van der Waals surface area contributed by atoms with E-state index in [1.807, 2.05) is 0 Å². The number of nitrogens with one attached hydrogen (secondary N) is 1. The highest BCUT2D eigenvalue weighted by Gasteiger charge is 2.25. The van der Waals surface area contributed by atoms with E-state index < -0.39 is 43.6 Å². The smallest absolute Gasteiger partial charge is 0.324 e. The zero-order chi connectivity index (χ0) is 12.3. The number of hydrogen-bond donors (Lipinski definition) is 3. The second kappa shape index (κ2) is 4.88. The molecule has 0 aliphatic heterocycles. The number of carbonyl (C=O) groups is 1. The number of aliphatic hydroxyl groups is 1. The number of carboxylic acid groups (broad SMARTS) is 1. The van der Waals surface area contributed by atoms with Gasteiger partial charge in [-0.2, -0.15) is 4.72 Å². The van der Waals surface area contributed by atoms with Gasteiger partial charge in [0, 0.05) is 6.26 Å². The molecule has 0 amide bonds. The van der Waals surface area contributed by atoms with Crippen molar-refractivity contribution in [2.45, 2.75) is 6.04 Å². The minimum absolute atomic E-state index is 0.695. The van der Waals surface area contributed by atoms with Gasteiger partial charge in [0.05, 0.1) is 6.61 Å². The third-order valence-electron chi connectivity index (χ3n) is 1.17. The Labute approximate surface area is 86.9 Å². The first-order valence-electron chi connectivity index (χ1n) is 3.59. The fourth-order valence-corrected chi connectivity index (χ4v) is 3.83. The molecule has 0 aromatic heterocycles. The zero-order valence-electron chi connectivity index (χ0n) is 7.74. The molecule has 3 N–H and O–H groups in total. The molecule has 0 saturated heterocycles. The number of sulfonamides is 1. The molecule has 1 atom stereocenters. The Morgan fingerprint density at radius 1 is 1.33 bits per heavy atom. The molecule has 15 heavy (non-hydrogen) atoms. The maximum Gasteiger partial charge on any atom is 0.324 e. The lowest BCUT2D eigenvalue weighted by molar-refractivity contribution is -0.139. The number of hydrogen-bond acceptors (Lipinski definition) is 6. The molecule has 0 spiro atoms. The standard InChI is InChI=1S/C5H11NO7S2/c1-14(10,11)3-15(12,13)6-4(2-7)5(8)9/h4,6-7H,2-3H2,1H3,(H,8,9)/t4-/m0/s1. The highest BCUT2D eigenvalue weighted by Crippen LogP contribution is 1.95. The quantitative estimate of drug-likeness (QED) is 0.475. The van der Waals surface area contributed by atoms with Crippen molar-refractivity contribution in [1.29, 1.82) is 0 Å². The molecule has 90 valence electrons. The summed E-state index contributed by atoms with van der Waals surface area (Å²) in [4.78, 5) is 10.3. The van der Waals surface area contributed by atoms with Gasteiger partial charge in [-0.15, -0.1) is 0 Å². The van der Waals surface area contributed by atoms with Crippen LogP contribution >= 0.6 is 0 Å². The van der Waals surface area contributed by atoms with Crippen molar-refractivity contribution in [2.24, 2.45) is 0 Å². The third kappa shape index (κ3) is 6.38. The maximum atomic E-state index is 11.1. The summed E-state index contributed by atoms with van der Waals surface area (Å²) < 4.78 is 45.0. The second-order valence-electron chi connectivity index (χ2n) is 2.85. The topological polar surface area (TPSA) is 138 Å². The molecule has 0 bridgehead atoms. The van der Waals surface area contributed by atoms with Crippen LogP contribution in [0, 0.1) is 0 Å². The summed E-state index contributed by atoms with van der Waals surface area (Å²) >= 11 is 0. The Hall–Kier alpha value is -0.710. The molecule has 0 aliphatic rings. The monoisotopic (exact) mass is 261 g/mol. The van der Waals surface area contributed by atoms with Crippen LogP contribution in [0.4, 0.5) is 0 Å². The van der Waals surface area contributed by atoms with Crippen molar-refractivity contribution in [3.8, 4) is 0 Å². The van der Waals surface area contributed by atoms with Gasteiger partial charge in [0.15, 0.2) is 14.9 Å². The lowest BCUT2D eigenvalue weighted by Gasteiger charge is -2.11. The molecule has 0 aromatic carbocycles. The van der Waals surface area contributed by atoms with Crippen LogP contribution in [0.2, 0.25) is 0 Å². The van der Waals surface area contributed by atoms with Crippen LogP contribution in [0.1, 0.15) is 0 Å². The van der Waals surface area contributed by atoms with Gasteiger partial charge >= 0.3 is 5.97 Å². The molecule has 0 aliphatic carbocycles. The summed E-state index contributed by atoms with van der Waals surface area (Å²) in [7, 11) is -8.06. The van der Waals surface area contributed by atoms with Crippen LogP contribution in [-0.2, 0) is 24.7 Å². The van der Waals surface area contributed by atoms with Gasteiger partial charge < -0.3 is 10.2 Å². The zero-order valence-corrected chi connectivity index (χ0v) is 9.38. The molecule has 0 radical (unpaired) electrons. The van der Waals surface area contributed by atoms with Crippen LogP contribution < -0.4 is 4.72 Å². The van der Waals surface area contributed by atoms with Crippen molar-refractivity contribution in [3.63, 3.8) is 0 Å². The number of rotatable bonds is 6. The predicted octanol–water partition coefficient (Wildman–Crippen LogP) is -2.65. The van der Waals surface area contributed by atoms with Gasteiger partial charge in [-0.3, -0.25) is 4.79 Å². The molecule has 0 saturated carbocycles. The Kier molecular flexibility index (Phi) is 4.65. The highest BCUT2D eigenvalue weighted by atomic mass is 32.3. The van der Waals surface area contributed by atoms with E-state index in [9.17, 15) is 21.6 Å². The molecule has 0 fully saturated rings. The molecule has 8 nitrogen and oxygen atoms in total. The Morgan fingerprint density at radius 3 is 2.07 bits per heavy atom. The van der Waals surface area contributed by atoms with E-state index in [4.69, 9.17) is 10.2 Å². The van der Waals surface area contributed by atoms with Gasteiger partial charge in [-0.05, 0) is 0 Å². The summed E-state index contributed by atoms with van der Waals surface area (Å²) in [6, 6.07) is -1.74. The van der Waals surface area contributed by atoms with E-state index in [0.29, 0.717) is 6.26 Å². The first-order chi connectivity index (χ1) is 6.57. The van der Waals surface area contributed by atoms with Gasteiger partial charge in [0.25, 0.3) is 0 Å². The lowest BCUT2D eigenvalue weighted by atomic mass is 10.3.